The van der Waals surface area contributed by atoms with Gasteiger partial charge in [0.25, 0.3) is 10.0 Å². The van der Waals surface area contributed by atoms with Crippen molar-refractivity contribution in [1.82, 2.24) is 4.90 Å². The van der Waals surface area contributed by atoms with Crippen LogP contribution in [0.15, 0.2) is 57.8 Å². The van der Waals surface area contributed by atoms with Crippen LogP contribution >= 0.6 is 0 Å². The van der Waals surface area contributed by atoms with Gasteiger partial charge in [-0.3, -0.25) is 4.79 Å². The van der Waals surface area contributed by atoms with E-state index in [2.05, 4.69) is 14.6 Å². The minimum Gasteiger partial charge on any atom is -0.497 e. The van der Waals surface area contributed by atoms with Crippen molar-refractivity contribution >= 4 is 33.1 Å². The van der Waals surface area contributed by atoms with Gasteiger partial charge in [-0.15, -0.1) is 4.40 Å². The molecular formula is C26H32N4O4S. The zero-order valence-electron chi connectivity index (χ0n) is 20.1. The first-order valence-corrected chi connectivity index (χ1v) is 13.7. The van der Waals surface area contributed by atoms with Crippen molar-refractivity contribution in [3.05, 3.63) is 48.5 Å². The van der Waals surface area contributed by atoms with Crippen LogP contribution in [-0.2, 0) is 14.8 Å². The van der Waals surface area contributed by atoms with Gasteiger partial charge in [-0.25, -0.2) is 0 Å². The van der Waals surface area contributed by atoms with Crippen LogP contribution < -0.4 is 15.0 Å². The molecule has 2 aromatic rings. The predicted molar refractivity (Wildman–Crippen MR) is 137 cm³/mol. The second-order valence-corrected chi connectivity index (χ2v) is 11.3. The summed E-state index contributed by atoms with van der Waals surface area (Å²) in [6.45, 7) is 2.94. The van der Waals surface area contributed by atoms with E-state index in [0.29, 0.717) is 37.5 Å². The molecule has 0 unspecified atom stereocenters. The maximum atomic E-state index is 13.4. The summed E-state index contributed by atoms with van der Waals surface area (Å²) in [5.74, 6) is 1.43. The molecule has 186 valence electrons. The molecule has 9 heteroatoms. The van der Waals surface area contributed by atoms with Crippen molar-refractivity contribution in [1.29, 1.82) is 0 Å². The number of fused-ring (bicyclic) bond motifs is 1. The van der Waals surface area contributed by atoms with Gasteiger partial charge in [0, 0.05) is 44.7 Å². The third-order valence-electron chi connectivity index (χ3n) is 7.48. The van der Waals surface area contributed by atoms with Crippen LogP contribution in [0.5, 0.6) is 5.75 Å². The minimum absolute atomic E-state index is 0.154. The lowest BCUT2D eigenvalue weighted by atomic mass is 9.78. The first-order chi connectivity index (χ1) is 16.9. The molecule has 1 N–H and O–H groups in total. The van der Waals surface area contributed by atoms with Crippen LogP contribution in [0.2, 0.25) is 0 Å². The average Bonchev–Trinajstić information content (AvgIpc) is 3.31. The molecule has 2 aliphatic heterocycles. The summed E-state index contributed by atoms with van der Waals surface area (Å²) in [5, 5.41) is 3.22. The molecule has 8 nitrogen and oxygen atoms in total. The number of rotatable bonds is 6. The number of methoxy groups -OCH3 is 1. The quantitative estimate of drug-likeness (QED) is 0.652. The number of ether oxygens (including phenoxy) is 1. The number of anilines is 2. The third kappa shape index (κ3) is 5.00. The number of carbonyl (C=O) groups is 1. The summed E-state index contributed by atoms with van der Waals surface area (Å²) in [6, 6.07) is 14.8. The fourth-order valence-corrected chi connectivity index (χ4v) is 6.73. The highest BCUT2D eigenvalue weighted by molar-refractivity contribution is 7.90. The Kier molecular flexibility index (Phi) is 6.44. The van der Waals surface area contributed by atoms with E-state index in [1.807, 2.05) is 35.2 Å². The topological polar surface area (TPSA) is 91.3 Å². The van der Waals surface area contributed by atoms with Crippen LogP contribution in [0.1, 0.15) is 38.5 Å². The maximum Gasteiger partial charge on any atom is 0.286 e. The lowest BCUT2D eigenvalue weighted by Crippen LogP contribution is -2.49. The minimum atomic E-state index is -3.73. The highest BCUT2D eigenvalue weighted by Gasteiger charge is 2.40. The van der Waals surface area contributed by atoms with Gasteiger partial charge in [-0.05, 0) is 54.7 Å². The summed E-state index contributed by atoms with van der Waals surface area (Å²) in [6.07, 6.45) is 4.82. The van der Waals surface area contributed by atoms with Gasteiger partial charge in [0.15, 0.2) is 0 Å². The number of nitrogens with zero attached hydrogens (tertiary/aromatic N) is 3. The van der Waals surface area contributed by atoms with Crippen molar-refractivity contribution in [2.75, 3.05) is 43.5 Å². The molecule has 5 rings (SSSR count). The van der Waals surface area contributed by atoms with Gasteiger partial charge in [-0.1, -0.05) is 25.0 Å². The Hall–Kier alpha value is -3.07. The molecule has 0 bridgehead atoms. The molecule has 0 spiro atoms. The Morgan fingerprint density at radius 2 is 1.71 bits per heavy atom. The van der Waals surface area contributed by atoms with Crippen molar-refractivity contribution < 1.29 is 17.9 Å². The Balaban J connectivity index is 1.23. The van der Waals surface area contributed by atoms with E-state index >= 15 is 0 Å². The van der Waals surface area contributed by atoms with Crippen molar-refractivity contribution in [2.24, 2.45) is 9.81 Å². The number of para-hydroxylation sites is 1. The Morgan fingerprint density at radius 1 is 1.03 bits per heavy atom. The van der Waals surface area contributed by atoms with Gasteiger partial charge in [0.2, 0.25) is 5.91 Å². The smallest absolute Gasteiger partial charge is 0.286 e. The van der Waals surface area contributed by atoms with Crippen molar-refractivity contribution in [2.45, 2.75) is 43.4 Å². The Labute approximate surface area is 207 Å². The summed E-state index contributed by atoms with van der Waals surface area (Å²) >= 11 is 0. The van der Waals surface area contributed by atoms with Gasteiger partial charge in [0.05, 0.1) is 12.8 Å². The summed E-state index contributed by atoms with van der Waals surface area (Å²) < 4.78 is 34.7. The average molecular weight is 497 g/mol. The second kappa shape index (κ2) is 9.53. The number of carbonyl (C=O) groups excluding carboxylic acids is 1. The molecule has 2 fully saturated rings. The Morgan fingerprint density at radius 3 is 2.40 bits per heavy atom. The number of nitrogens with one attached hydrogen (secondary N) is 1. The van der Waals surface area contributed by atoms with Crippen LogP contribution in [-0.4, -0.2) is 58.3 Å². The van der Waals surface area contributed by atoms with E-state index in [1.54, 1.807) is 25.3 Å². The van der Waals surface area contributed by atoms with E-state index in [0.717, 1.165) is 50.2 Å². The number of benzene rings is 2. The van der Waals surface area contributed by atoms with Crippen LogP contribution in [0, 0.1) is 5.41 Å². The standard InChI is InChI=1S/C26H32N4O4S/c1-34-21-10-8-20(9-11-21)29-14-16-30(17-15-29)25(31)19-26(12-4-5-13-26)18-24-27-22-6-2-3-7-23(22)35(32,33)28-24/h2-3,6-11H,4-5,12-19H2,1H3,(H,27,28). The molecule has 0 aromatic heterocycles. The van der Waals surface area contributed by atoms with Gasteiger partial charge in [0.1, 0.15) is 16.5 Å². The third-order valence-corrected chi connectivity index (χ3v) is 8.85. The zero-order chi connectivity index (χ0) is 24.5. The van der Waals surface area contributed by atoms with Crippen LogP contribution in [0.25, 0.3) is 0 Å². The highest BCUT2D eigenvalue weighted by Crippen LogP contribution is 2.45. The molecule has 1 saturated heterocycles. The lowest BCUT2D eigenvalue weighted by Gasteiger charge is -2.38. The van der Waals surface area contributed by atoms with Crippen LogP contribution in [0.3, 0.4) is 0 Å². The highest BCUT2D eigenvalue weighted by atomic mass is 32.2. The van der Waals surface area contributed by atoms with Gasteiger partial charge < -0.3 is 19.9 Å². The number of hydrogen-bond acceptors (Lipinski definition) is 6. The van der Waals surface area contributed by atoms with Crippen LogP contribution in [0.4, 0.5) is 11.4 Å². The maximum absolute atomic E-state index is 13.4. The zero-order valence-corrected chi connectivity index (χ0v) is 20.9. The molecule has 0 atom stereocenters. The monoisotopic (exact) mass is 496 g/mol. The number of hydrogen-bond donors (Lipinski definition) is 1. The summed E-state index contributed by atoms with van der Waals surface area (Å²) in [7, 11) is -2.07. The number of piperazine rings is 1. The van der Waals surface area contributed by atoms with E-state index < -0.39 is 10.0 Å². The molecule has 0 radical (unpaired) electrons. The predicted octanol–water partition coefficient (Wildman–Crippen LogP) is 3.90. The number of sulfonamides is 1. The molecule has 35 heavy (non-hydrogen) atoms. The van der Waals surface area contributed by atoms with Gasteiger partial charge in [-0.2, -0.15) is 8.42 Å². The molecular weight excluding hydrogens is 464 g/mol. The summed E-state index contributed by atoms with van der Waals surface area (Å²) in [4.78, 5) is 17.8. The largest absolute Gasteiger partial charge is 0.497 e. The fourth-order valence-electron chi connectivity index (χ4n) is 5.58. The first kappa shape index (κ1) is 23.7. The SMILES string of the molecule is COc1ccc(N2CCN(C(=O)CC3(CC4=NS(=O)(=O)c5ccccc5N4)CCCC3)CC2)cc1. The summed E-state index contributed by atoms with van der Waals surface area (Å²) in [5.41, 5.74) is 1.44. The second-order valence-electron chi connectivity index (χ2n) is 9.76. The van der Waals surface area contributed by atoms with E-state index in [4.69, 9.17) is 4.74 Å². The van der Waals surface area contributed by atoms with Crippen molar-refractivity contribution in [3.63, 3.8) is 0 Å². The lowest BCUT2D eigenvalue weighted by molar-refractivity contribution is -0.133. The molecule has 1 aliphatic carbocycles. The normalized spacial score (nSPS) is 20.5. The molecule has 2 heterocycles. The van der Waals surface area contributed by atoms with E-state index in [-0.39, 0.29) is 16.2 Å². The van der Waals surface area contributed by atoms with Gasteiger partial charge >= 0.3 is 0 Å². The van der Waals surface area contributed by atoms with E-state index in [9.17, 15) is 13.2 Å². The number of amides is 1. The molecule has 3 aliphatic rings. The van der Waals surface area contributed by atoms with Crippen molar-refractivity contribution in [3.8, 4) is 5.75 Å². The molecule has 2 aromatic carbocycles. The van der Waals surface area contributed by atoms with E-state index in [1.165, 1.54) is 0 Å². The number of amidine groups is 1. The molecule has 1 saturated carbocycles. The Bertz CT molecular complexity index is 1210. The molecule has 1 amide bonds. The fraction of sp³-hybridized carbons (Fsp3) is 0.462. The first-order valence-electron chi connectivity index (χ1n) is 12.2.